The molecule has 0 radical (unpaired) electrons. The van der Waals surface area contributed by atoms with Crippen molar-refractivity contribution in [1.29, 1.82) is 0 Å². The number of benzene rings is 1. The summed E-state index contributed by atoms with van der Waals surface area (Å²) >= 11 is 0. The van der Waals surface area contributed by atoms with E-state index in [-0.39, 0.29) is 29.4 Å². The van der Waals surface area contributed by atoms with Gasteiger partial charge in [-0.1, -0.05) is 12.1 Å². The molecule has 110 valence electrons. The highest BCUT2D eigenvalue weighted by molar-refractivity contribution is 5.92. The van der Waals surface area contributed by atoms with Crippen molar-refractivity contribution in [3.8, 4) is 0 Å². The highest BCUT2D eigenvalue weighted by atomic mass is 16.3. The summed E-state index contributed by atoms with van der Waals surface area (Å²) in [4.78, 5) is 30.8. The van der Waals surface area contributed by atoms with Gasteiger partial charge in [0.15, 0.2) is 5.82 Å². The van der Waals surface area contributed by atoms with Gasteiger partial charge in [0.05, 0.1) is 17.0 Å². The van der Waals surface area contributed by atoms with Gasteiger partial charge in [0.2, 0.25) is 0 Å². The first-order valence-electron chi connectivity index (χ1n) is 7.11. The summed E-state index contributed by atoms with van der Waals surface area (Å²) in [5.41, 5.74) is 0.190. The summed E-state index contributed by atoms with van der Waals surface area (Å²) in [6.45, 7) is 0. The standard InChI is InChI=1S/C15H17N3O3/c19-10-7-5-9(6-8-10)16-15(21)13-17-12-4-2-1-3-11(12)14(20)18-13/h1-4,9-10,19H,5-8H2,(H,16,21)(H,17,18,20). The molecule has 1 aliphatic carbocycles. The number of aromatic amines is 1. The number of hydrogen-bond acceptors (Lipinski definition) is 4. The van der Waals surface area contributed by atoms with Crippen LogP contribution in [0.15, 0.2) is 29.1 Å². The van der Waals surface area contributed by atoms with E-state index in [9.17, 15) is 14.7 Å². The van der Waals surface area contributed by atoms with Gasteiger partial charge in [-0.3, -0.25) is 9.59 Å². The second kappa shape index (κ2) is 5.65. The Morgan fingerprint density at radius 3 is 2.71 bits per heavy atom. The smallest absolute Gasteiger partial charge is 0.287 e. The molecule has 1 aromatic carbocycles. The zero-order valence-corrected chi connectivity index (χ0v) is 11.5. The van der Waals surface area contributed by atoms with Crippen LogP contribution in [0.4, 0.5) is 0 Å². The molecule has 0 unspecified atom stereocenters. The number of nitrogens with zero attached hydrogens (tertiary/aromatic N) is 1. The number of H-pyrrole nitrogens is 1. The molecule has 2 aromatic rings. The number of nitrogens with one attached hydrogen (secondary N) is 2. The monoisotopic (exact) mass is 287 g/mol. The van der Waals surface area contributed by atoms with E-state index in [2.05, 4.69) is 15.3 Å². The van der Waals surface area contributed by atoms with E-state index in [0.29, 0.717) is 23.7 Å². The van der Waals surface area contributed by atoms with E-state index in [4.69, 9.17) is 0 Å². The summed E-state index contributed by atoms with van der Waals surface area (Å²) in [6, 6.07) is 6.94. The summed E-state index contributed by atoms with van der Waals surface area (Å²) < 4.78 is 0. The fraction of sp³-hybridized carbons (Fsp3) is 0.400. The number of aliphatic hydroxyl groups is 1. The summed E-state index contributed by atoms with van der Waals surface area (Å²) in [6.07, 6.45) is 2.59. The van der Waals surface area contributed by atoms with Crippen molar-refractivity contribution in [3.63, 3.8) is 0 Å². The first-order valence-corrected chi connectivity index (χ1v) is 7.11. The van der Waals surface area contributed by atoms with Crippen molar-refractivity contribution >= 4 is 16.8 Å². The van der Waals surface area contributed by atoms with Gasteiger partial charge in [0.1, 0.15) is 0 Å². The van der Waals surface area contributed by atoms with Crippen molar-refractivity contribution in [2.24, 2.45) is 0 Å². The fourth-order valence-electron chi connectivity index (χ4n) is 2.67. The van der Waals surface area contributed by atoms with E-state index < -0.39 is 0 Å². The Morgan fingerprint density at radius 2 is 1.95 bits per heavy atom. The first kappa shape index (κ1) is 13.8. The van der Waals surface area contributed by atoms with E-state index >= 15 is 0 Å². The highest BCUT2D eigenvalue weighted by Gasteiger charge is 2.22. The molecule has 3 rings (SSSR count). The Balaban J connectivity index is 1.80. The molecule has 6 nitrogen and oxygen atoms in total. The molecule has 0 spiro atoms. The molecule has 0 aliphatic heterocycles. The van der Waals surface area contributed by atoms with Crippen LogP contribution in [0.2, 0.25) is 0 Å². The molecule has 1 fully saturated rings. The van der Waals surface area contributed by atoms with Crippen molar-refractivity contribution in [1.82, 2.24) is 15.3 Å². The number of amides is 1. The normalized spacial score (nSPS) is 22.1. The molecule has 0 bridgehead atoms. The fourth-order valence-corrected chi connectivity index (χ4v) is 2.67. The lowest BCUT2D eigenvalue weighted by Gasteiger charge is -2.25. The molecular formula is C15H17N3O3. The number of aliphatic hydroxyl groups excluding tert-OH is 1. The van der Waals surface area contributed by atoms with Crippen LogP contribution in [-0.2, 0) is 0 Å². The van der Waals surface area contributed by atoms with E-state index in [0.717, 1.165) is 12.8 Å². The number of carbonyl (C=O) groups excluding carboxylic acids is 1. The maximum atomic E-state index is 12.2. The molecule has 21 heavy (non-hydrogen) atoms. The zero-order chi connectivity index (χ0) is 14.8. The summed E-state index contributed by atoms with van der Waals surface area (Å²) in [5, 5.41) is 12.8. The quantitative estimate of drug-likeness (QED) is 0.766. The molecule has 1 aliphatic rings. The van der Waals surface area contributed by atoms with Crippen molar-refractivity contribution in [2.75, 3.05) is 0 Å². The third kappa shape index (κ3) is 2.95. The molecule has 1 heterocycles. The van der Waals surface area contributed by atoms with Crippen LogP contribution in [0.25, 0.3) is 10.9 Å². The second-order valence-corrected chi connectivity index (χ2v) is 5.41. The minimum absolute atomic E-state index is 0.0256. The number of aromatic nitrogens is 2. The van der Waals surface area contributed by atoms with Gasteiger partial charge in [-0.15, -0.1) is 0 Å². The Labute approximate surface area is 121 Å². The molecule has 1 amide bonds. The minimum atomic E-state index is -0.376. The van der Waals surface area contributed by atoms with Gasteiger partial charge < -0.3 is 15.4 Å². The van der Waals surface area contributed by atoms with Gasteiger partial charge >= 0.3 is 0 Å². The van der Waals surface area contributed by atoms with Crippen molar-refractivity contribution < 1.29 is 9.90 Å². The van der Waals surface area contributed by atoms with Gasteiger partial charge in [0.25, 0.3) is 11.5 Å². The van der Waals surface area contributed by atoms with E-state index in [1.54, 1.807) is 24.3 Å². The van der Waals surface area contributed by atoms with Crippen LogP contribution in [0.5, 0.6) is 0 Å². The van der Waals surface area contributed by atoms with E-state index in [1.807, 2.05) is 0 Å². The lowest BCUT2D eigenvalue weighted by molar-refractivity contribution is 0.0858. The molecule has 1 aromatic heterocycles. The molecule has 6 heteroatoms. The molecule has 0 saturated heterocycles. The van der Waals surface area contributed by atoms with Gasteiger partial charge in [0, 0.05) is 6.04 Å². The van der Waals surface area contributed by atoms with Crippen LogP contribution >= 0.6 is 0 Å². The topological polar surface area (TPSA) is 95.1 Å². The maximum Gasteiger partial charge on any atom is 0.287 e. The van der Waals surface area contributed by atoms with Gasteiger partial charge in [-0.2, -0.15) is 0 Å². The van der Waals surface area contributed by atoms with Gasteiger partial charge in [-0.05, 0) is 37.8 Å². The predicted octanol–water partition coefficient (Wildman–Crippen LogP) is 0.956. The molecule has 0 atom stereocenters. The van der Waals surface area contributed by atoms with Crippen molar-refractivity contribution in [2.45, 2.75) is 37.8 Å². The number of fused-ring (bicyclic) bond motifs is 1. The lowest BCUT2D eigenvalue weighted by atomic mass is 9.93. The Hall–Kier alpha value is -2.21. The number of para-hydroxylation sites is 1. The van der Waals surface area contributed by atoms with Crippen LogP contribution in [0.1, 0.15) is 36.3 Å². The Morgan fingerprint density at radius 1 is 1.24 bits per heavy atom. The highest BCUT2D eigenvalue weighted by Crippen LogP contribution is 2.18. The average molecular weight is 287 g/mol. The largest absolute Gasteiger partial charge is 0.393 e. The SMILES string of the molecule is O=C(NC1CCC(O)CC1)c1nc2ccccc2c(=O)[nH]1. The van der Waals surface area contributed by atoms with Crippen LogP contribution in [0.3, 0.4) is 0 Å². The number of hydrogen-bond donors (Lipinski definition) is 3. The number of carbonyl (C=O) groups is 1. The maximum absolute atomic E-state index is 12.2. The Kier molecular flexibility index (Phi) is 3.70. The molecule has 1 saturated carbocycles. The lowest BCUT2D eigenvalue weighted by Crippen LogP contribution is -2.39. The number of rotatable bonds is 2. The second-order valence-electron chi connectivity index (χ2n) is 5.41. The first-order chi connectivity index (χ1) is 10.1. The Bertz CT molecular complexity index is 717. The van der Waals surface area contributed by atoms with Crippen LogP contribution in [0, 0.1) is 0 Å². The summed E-state index contributed by atoms with van der Waals surface area (Å²) in [7, 11) is 0. The predicted molar refractivity (Wildman–Crippen MR) is 78.1 cm³/mol. The molecule has 3 N–H and O–H groups in total. The van der Waals surface area contributed by atoms with Crippen LogP contribution in [-0.4, -0.2) is 33.1 Å². The summed E-state index contributed by atoms with van der Waals surface area (Å²) in [5.74, 6) is -0.343. The zero-order valence-electron chi connectivity index (χ0n) is 11.5. The third-order valence-corrected chi connectivity index (χ3v) is 3.86. The third-order valence-electron chi connectivity index (χ3n) is 3.86. The average Bonchev–Trinajstić information content (AvgIpc) is 2.49. The molecular weight excluding hydrogens is 270 g/mol. The van der Waals surface area contributed by atoms with Gasteiger partial charge in [-0.25, -0.2) is 4.98 Å². The minimum Gasteiger partial charge on any atom is -0.393 e. The van der Waals surface area contributed by atoms with Crippen LogP contribution < -0.4 is 10.9 Å². The van der Waals surface area contributed by atoms with Crippen molar-refractivity contribution in [3.05, 3.63) is 40.4 Å². The van der Waals surface area contributed by atoms with E-state index in [1.165, 1.54) is 0 Å².